The van der Waals surface area contributed by atoms with E-state index < -0.39 is 0 Å². The summed E-state index contributed by atoms with van der Waals surface area (Å²) < 4.78 is 0. The minimum absolute atomic E-state index is 0.760. The number of hydrogen-bond donors (Lipinski definition) is 0. The molecule has 1 aliphatic carbocycles. The van der Waals surface area contributed by atoms with E-state index >= 15 is 0 Å². The van der Waals surface area contributed by atoms with Crippen LogP contribution in [0.2, 0.25) is 0 Å². The van der Waals surface area contributed by atoms with Crippen LogP contribution in [-0.4, -0.2) is 0 Å². The second-order valence-electron chi connectivity index (χ2n) is 3.15. The summed E-state index contributed by atoms with van der Waals surface area (Å²) in [5.41, 5.74) is 3.03. The van der Waals surface area contributed by atoms with Gasteiger partial charge in [-0.1, -0.05) is 31.6 Å². The Labute approximate surface area is 63.6 Å². The van der Waals surface area contributed by atoms with Crippen molar-refractivity contribution in [3.8, 4) is 0 Å². The maximum absolute atomic E-state index is 2.38. The molecule has 0 saturated heterocycles. The summed E-state index contributed by atoms with van der Waals surface area (Å²) >= 11 is 0. The molecule has 0 aromatic rings. The topological polar surface area (TPSA) is 0 Å². The maximum Gasteiger partial charge on any atom is -0.0221 e. The molecule has 0 heteroatoms. The van der Waals surface area contributed by atoms with E-state index in [4.69, 9.17) is 0 Å². The van der Waals surface area contributed by atoms with Crippen molar-refractivity contribution in [3.05, 3.63) is 23.3 Å². The molecule has 0 saturated carbocycles. The average Bonchev–Trinajstić information content (AvgIpc) is 1.88. The second-order valence-corrected chi connectivity index (χ2v) is 3.15. The summed E-state index contributed by atoms with van der Waals surface area (Å²) in [5.74, 6) is 0.760. The molecule has 1 unspecified atom stereocenters. The highest BCUT2D eigenvalue weighted by Gasteiger charge is 2.06. The molecule has 0 radical (unpaired) electrons. The molecule has 0 nitrogen and oxygen atoms in total. The summed E-state index contributed by atoms with van der Waals surface area (Å²) in [6, 6.07) is 0. The van der Waals surface area contributed by atoms with Crippen LogP contribution in [-0.2, 0) is 0 Å². The Hall–Kier alpha value is -0.520. The highest BCUT2D eigenvalue weighted by molar-refractivity contribution is 5.32. The lowest BCUT2D eigenvalue weighted by molar-refractivity contribution is 0.717. The Morgan fingerprint density at radius 1 is 1.60 bits per heavy atom. The monoisotopic (exact) mass is 136 g/mol. The van der Waals surface area contributed by atoms with Crippen LogP contribution in [0.5, 0.6) is 0 Å². The Bertz CT molecular complexity index is 172. The minimum Gasteiger partial charge on any atom is -0.0805 e. The molecule has 0 N–H and O–H groups in total. The molecule has 0 bridgehead atoms. The lowest BCUT2D eigenvalue weighted by Crippen LogP contribution is -1.98. The SMILES string of the molecule is CCC1=CCC(C)C=C1C. The fraction of sp³-hybridized carbons (Fsp3) is 0.600. The predicted octanol–water partition coefficient (Wildman–Crippen LogP) is 3.31. The Morgan fingerprint density at radius 2 is 2.30 bits per heavy atom. The zero-order valence-electron chi connectivity index (χ0n) is 7.15. The van der Waals surface area contributed by atoms with Gasteiger partial charge in [0.1, 0.15) is 0 Å². The molecule has 0 amide bonds. The summed E-state index contributed by atoms with van der Waals surface area (Å²) in [6.45, 7) is 6.70. The number of hydrogen-bond acceptors (Lipinski definition) is 0. The van der Waals surface area contributed by atoms with E-state index in [0.717, 1.165) is 5.92 Å². The van der Waals surface area contributed by atoms with Gasteiger partial charge in [0, 0.05) is 0 Å². The Kier molecular flexibility index (Phi) is 2.31. The molecule has 10 heavy (non-hydrogen) atoms. The van der Waals surface area contributed by atoms with E-state index in [0.29, 0.717) is 0 Å². The van der Waals surface area contributed by atoms with Crippen LogP contribution in [0.4, 0.5) is 0 Å². The van der Waals surface area contributed by atoms with Gasteiger partial charge in [-0.05, 0) is 31.3 Å². The van der Waals surface area contributed by atoms with Crippen molar-refractivity contribution in [2.24, 2.45) is 5.92 Å². The fourth-order valence-electron chi connectivity index (χ4n) is 1.51. The number of rotatable bonds is 1. The third-order valence-electron chi connectivity index (χ3n) is 2.16. The van der Waals surface area contributed by atoms with Crippen LogP contribution in [0.25, 0.3) is 0 Å². The first-order chi connectivity index (χ1) is 4.74. The van der Waals surface area contributed by atoms with E-state index in [9.17, 15) is 0 Å². The summed E-state index contributed by atoms with van der Waals surface area (Å²) in [4.78, 5) is 0. The van der Waals surface area contributed by atoms with Crippen molar-refractivity contribution in [2.75, 3.05) is 0 Å². The van der Waals surface area contributed by atoms with E-state index in [1.807, 2.05) is 0 Å². The lowest BCUT2D eigenvalue weighted by atomic mass is 9.91. The predicted molar refractivity (Wildman–Crippen MR) is 45.9 cm³/mol. The van der Waals surface area contributed by atoms with Crippen LogP contribution < -0.4 is 0 Å². The smallest absolute Gasteiger partial charge is 0.0221 e. The van der Waals surface area contributed by atoms with Gasteiger partial charge in [0.05, 0.1) is 0 Å². The first kappa shape index (κ1) is 7.59. The van der Waals surface area contributed by atoms with Crippen molar-refractivity contribution in [2.45, 2.75) is 33.6 Å². The highest BCUT2D eigenvalue weighted by Crippen LogP contribution is 2.23. The second kappa shape index (κ2) is 3.05. The zero-order valence-corrected chi connectivity index (χ0v) is 7.15. The van der Waals surface area contributed by atoms with Gasteiger partial charge in [0.15, 0.2) is 0 Å². The average molecular weight is 136 g/mol. The van der Waals surface area contributed by atoms with Gasteiger partial charge in [-0.15, -0.1) is 0 Å². The van der Waals surface area contributed by atoms with Crippen LogP contribution >= 0.6 is 0 Å². The van der Waals surface area contributed by atoms with E-state index in [2.05, 4.69) is 32.9 Å². The Balaban J connectivity index is 2.71. The van der Waals surface area contributed by atoms with Gasteiger partial charge < -0.3 is 0 Å². The molecule has 0 heterocycles. The molecule has 0 aromatic heterocycles. The van der Waals surface area contributed by atoms with E-state index in [1.165, 1.54) is 24.0 Å². The van der Waals surface area contributed by atoms with Crippen molar-refractivity contribution in [1.82, 2.24) is 0 Å². The van der Waals surface area contributed by atoms with Crippen molar-refractivity contribution in [1.29, 1.82) is 0 Å². The fourth-order valence-corrected chi connectivity index (χ4v) is 1.51. The van der Waals surface area contributed by atoms with Crippen LogP contribution in [0.1, 0.15) is 33.6 Å². The number of allylic oxidation sites excluding steroid dienone is 4. The largest absolute Gasteiger partial charge is 0.0805 e. The zero-order chi connectivity index (χ0) is 7.56. The summed E-state index contributed by atoms with van der Waals surface area (Å²) in [6.07, 6.45) is 7.18. The molecule has 1 rings (SSSR count). The summed E-state index contributed by atoms with van der Waals surface area (Å²) in [5, 5.41) is 0. The molecule has 0 spiro atoms. The quantitative estimate of drug-likeness (QED) is 0.518. The first-order valence-electron chi connectivity index (χ1n) is 4.12. The molecule has 0 aliphatic heterocycles. The van der Waals surface area contributed by atoms with E-state index in [1.54, 1.807) is 0 Å². The normalized spacial score (nSPS) is 25.7. The van der Waals surface area contributed by atoms with Crippen molar-refractivity contribution in [3.63, 3.8) is 0 Å². The van der Waals surface area contributed by atoms with Gasteiger partial charge in [-0.2, -0.15) is 0 Å². The molecule has 0 fully saturated rings. The third-order valence-corrected chi connectivity index (χ3v) is 2.16. The van der Waals surface area contributed by atoms with Crippen molar-refractivity contribution >= 4 is 0 Å². The Morgan fingerprint density at radius 3 is 2.80 bits per heavy atom. The van der Waals surface area contributed by atoms with Crippen molar-refractivity contribution < 1.29 is 0 Å². The molecular formula is C10H16. The van der Waals surface area contributed by atoms with Gasteiger partial charge >= 0.3 is 0 Å². The highest BCUT2D eigenvalue weighted by atomic mass is 14.1. The third kappa shape index (κ3) is 1.50. The van der Waals surface area contributed by atoms with E-state index in [-0.39, 0.29) is 0 Å². The molecular weight excluding hydrogens is 120 g/mol. The lowest BCUT2D eigenvalue weighted by Gasteiger charge is -2.15. The van der Waals surface area contributed by atoms with Gasteiger partial charge in [-0.25, -0.2) is 0 Å². The van der Waals surface area contributed by atoms with Crippen LogP contribution in [0.3, 0.4) is 0 Å². The summed E-state index contributed by atoms with van der Waals surface area (Å²) in [7, 11) is 0. The first-order valence-corrected chi connectivity index (χ1v) is 4.12. The van der Waals surface area contributed by atoms with Gasteiger partial charge in [0.25, 0.3) is 0 Å². The standard InChI is InChI=1S/C10H16/c1-4-10-6-5-8(2)7-9(10)3/h6-8H,4-5H2,1-3H3. The molecule has 0 aromatic carbocycles. The maximum atomic E-state index is 2.38. The van der Waals surface area contributed by atoms with Gasteiger partial charge in [0.2, 0.25) is 0 Å². The molecule has 1 atom stereocenters. The minimum atomic E-state index is 0.760. The van der Waals surface area contributed by atoms with Crippen LogP contribution in [0, 0.1) is 5.92 Å². The molecule has 56 valence electrons. The van der Waals surface area contributed by atoms with Crippen LogP contribution in [0.15, 0.2) is 23.3 Å². The van der Waals surface area contributed by atoms with Gasteiger partial charge in [-0.3, -0.25) is 0 Å². The molecule has 1 aliphatic rings.